The van der Waals surface area contributed by atoms with Gasteiger partial charge in [-0.15, -0.1) is 0 Å². The molecule has 0 saturated carbocycles. The maximum absolute atomic E-state index is 5.93. The summed E-state index contributed by atoms with van der Waals surface area (Å²) < 4.78 is 14.1. The van der Waals surface area contributed by atoms with E-state index in [1.807, 2.05) is 64.1 Å². The quantitative estimate of drug-likeness (QED) is 0.0986. The van der Waals surface area contributed by atoms with Crippen LogP contribution in [0.25, 0.3) is 216 Å². The fourth-order valence-corrected chi connectivity index (χ4v) is 22.3. The Morgan fingerprint density at radius 1 is 0.179 bits per heavy atom. The van der Waals surface area contributed by atoms with E-state index in [9.17, 15) is 0 Å². The van der Waals surface area contributed by atoms with Gasteiger partial charge in [-0.1, -0.05) is 408 Å². The van der Waals surface area contributed by atoms with Crippen molar-refractivity contribution < 1.29 is 9.31 Å². The molecule has 0 atom stereocenters. The van der Waals surface area contributed by atoms with E-state index >= 15 is 0 Å². The molecule has 0 aliphatic carbocycles. The predicted octanol–water partition coefficient (Wildman–Crippen LogP) is 37.0. The molecule has 27 aromatic rings. The molecule has 28 rings (SSSR count). The summed E-state index contributed by atoms with van der Waals surface area (Å²) in [5, 5.41) is 46.6. The molecular formula is C132H94BBr2N3O2. The average molecular weight is 1920 g/mol. The maximum atomic E-state index is 5.93. The highest BCUT2D eigenvalue weighted by Crippen LogP contribution is 2.48. The van der Waals surface area contributed by atoms with E-state index in [2.05, 4.69) is 474 Å². The van der Waals surface area contributed by atoms with E-state index in [0.717, 1.165) is 42.8 Å². The highest BCUT2D eigenvalue weighted by Gasteiger charge is 2.51. The van der Waals surface area contributed by atoms with Crippen LogP contribution in [-0.2, 0) is 9.31 Å². The van der Waals surface area contributed by atoms with Crippen molar-refractivity contribution in [2.24, 2.45) is 0 Å². The number of hydrogen-bond acceptors (Lipinski definition) is 5. The topological polar surface area (TPSA) is 73.7 Å². The minimum Gasteiger partial charge on any atom is -0.399 e. The number of hydrogen-bond donors (Lipinski definition) is 2. The molecule has 0 bridgehead atoms. The lowest BCUT2D eigenvalue weighted by Crippen LogP contribution is -2.41. The first-order valence-corrected chi connectivity index (χ1v) is 49.5. The summed E-state index contributed by atoms with van der Waals surface area (Å²) in [4.78, 5) is 2.44. The van der Waals surface area contributed by atoms with Gasteiger partial charge in [0.2, 0.25) is 0 Å². The van der Waals surface area contributed by atoms with Crippen LogP contribution in [0.5, 0.6) is 0 Å². The molecule has 0 spiro atoms. The highest BCUT2D eigenvalue weighted by molar-refractivity contribution is 9.10. The molecule has 8 heteroatoms. The van der Waals surface area contributed by atoms with Gasteiger partial charge in [0.05, 0.1) is 11.2 Å². The number of rotatable bonds is 6. The van der Waals surface area contributed by atoms with Crippen LogP contribution in [0.3, 0.4) is 0 Å². The summed E-state index contributed by atoms with van der Waals surface area (Å²) in [5.74, 6) is 0. The zero-order valence-corrected chi connectivity index (χ0v) is 81.0. The maximum Gasteiger partial charge on any atom is 0.494 e. The lowest BCUT2D eigenvalue weighted by Gasteiger charge is -2.32. The standard InChI is InChI=1S/C60H37N.C24H17N.2C18H11Br.C12H18BNO2/c1-4-19-49-43(13-1)46-16-7-10-22-52(46)58-35-39(27-32-55(49)58)38-25-28-40(29-26-38)61(41-30-33-56-50-20-5-2-14-44(50)47-17-8-11-23-53(47)59(56)36-41)42-31-34-57-51-21-6-3-15-45(51)48-18-9-12-24-54(48)60(57)37-42;25-18-12-9-16(10-13-18)17-11-14-23-21-7-2-1-5-19(21)20-6-3-4-8-22(20)24(23)15-17;2*19-12-9-10-17-15-7-2-1-5-13(15)14-6-3-4-8-16(14)18(17)11-12;1-11(2)12(3,4)16-13(15-11)9-5-7-10(14)8-6-9/h1-37H;1-15H,25H2;2*1-11H;5-8H,14H2,1-4H3. The number of fused-ring (bicyclic) bond motifs is 36. The van der Waals surface area contributed by atoms with Crippen molar-refractivity contribution in [1.82, 2.24) is 0 Å². The molecule has 5 nitrogen and oxygen atoms in total. The zero-order valence-electron chi connectivity index (χ0n) is 77.8. The lowest BCUT2D eigenvalue weighted by atomic mass is 9.79. The fraction of sp³-hybridized carbons (Fsp3) is 0.0455. The van der Waals surface area contributed by atoms with E-state index < -0.39 is 0 Å². The Hall–Kier alpha value is -16.0. The monoisotopic (exact) mass is 1920 g/mol. The summed E-state index contributed by atoms with van der Waals surface area (Å²) in [7, 11) is -0.300. The van der Waals surface area contributed by atoms with Crippen LogP contribution in [0, 0.1) is 0 Å². The molecular weight excluding hydrogens is 1830 g/mol. The van der Waals surface area contributed by atoms with Crippen molar-refractivity contribution in [2.45, 2.75) is 38.9 Å². The predicted molar refractivity (Wildman–Crippen MR) is 613 cm³/mol. The molecule has 1 heterocycles. The Labute approximate surface area is 829 Å². The van der Waals surface area contributed by atoms with Crippen LogP contribution in [0.15, 0.2) is 482 Å². The molecule has 0 unspecified atom stereocenters. The minimum atomic E-state index is -0.300. The van der Waals surface area contributed by atoms with E-state index in [1.165, 1.54) is 216 Å². The van der Waals surface area contributed by atoms with Crippen molar-refractivity contribution in [3.63, 3.8) is 0 Å². The lowest BCUT2D eigenvalue weighted by molar-refractivity contribution is 0.00578. The minimum absolute atomic E-state index is 0.293. The van der Waals surface area contributed by atoms with Crippen molar-refractivity contribution in [3.05, 3.63) is 482 Å². The second-order valence-electron chi connectivity index (χ2n) is 37.7. The summed E-state index contributed by atoms with van der Waals surface area (Å²) >= 11 is 7.16. The molecule has 1 fully saturated rings. The van der Waals surface area contributed by atoms with Crippen molar-refractivity contribution in [2.75, 3.05) is 16.4 Å². The van der Waals surface area contributed by atoms with E-state index in [0.29, 0.717) is 0 Å². The van der Waals surface area contributed by atoms with Crippen LogP contribution in [-0.4, -0.2) is 18.3 Å². The van der Waals surface area contributed by atoms with Gasteiger partial charge in [-0.2, -0.15) is 0 Å². The van der Waals surface area contributed by atoms with Gasteiger partial charge in [-0.05, 0) is 346 Å². The van der Waals surface area contributed by atoms with Crippen LogP contribution in [0.4, 0.5) is 28.4 Å². The molecule has 0 amide bonds. The van der Waals surface area contributed by atoms with Gasteiger partial charge < -0.3 is 25.7 Å². The third-order valence-electron chi connectivity index (χ3n) is 29.0. The largest absolute Gasteiger partial charge is 0.494 e. The Morgan fingerprint density at radius 3 is 0.593 bits per heavy atom. The molecule has 1 saturated heterocycles. The van der Waals surface area contributed by atoms with Gasteiger partial charge in [0, 0.05) is 37.4 Å². The normalized spacial score (nSPS) is 12.9. The number of nitrogens with two attached hydrogens (primary N) is 2. The molecule has 0 radical (unpaired) electrons. The van der Waals surface area contributed by atoms with E-state index in [1.54, 1.807) is 0 Å². The van der Waals surface area contributed by atoms with E-state index in [4.69, 9.17) is 20.8 Å². The van der Waals surface area contributed by atoms with Gasteiger partial charge in [-0.25, -0.2) is 0 Å². The molecule has 0 aromatic heterocycles. The molecule has 1 aliphatic heterocycles. The third-order valence-corrected chi connectivity index (χ3v) is 30.0. The summed E-state index contributed by atoms with van der Waals surface area (Å²) in [6.45, 7) is 8.18. The summed E-state index contributed by atoms with van der Waals surface area (Å²) in [6, 6.07) is 171. The zero-order chi connectivity index (χ0) is 94.4. The first-order chi connectivity index (χ1) is 68.6. The molecule has 27 aromatic carbocycles. The Morgan fingerprint density at radius 2 is 0.350 bits per heavy atom. The molecule has 140 heavy (non-hydrogen) atoms. The van der Waals surface area contributed by atoms with Crippen molar-refractivity contribution in [1.29, 1.82) is 0 Å². The van der Waals surface area contributed by atoms with Crippen LogP contribution < -0.4 is 21.8 Å². The van der Waals surface area contributed by atoms with Gasteiger partial charge in [0.1, 0.15) is 0 Å². The Kier molecular flexibility index (Phi) is 22.2. The van der Waals surface area contributed by atoms with Crippen LogP contribution in [0.2, 0.25) is 0 Å². The summed E-state index contributed by atoms with van der Waals surface area (Å²) in [6.07, 6.45) is 0. The third kappa shape index (κ3) is 15.5. The average Bonchev–Trinajstić information content (AvgIpc) is 1.63. The van der Waals surface area contributed by atoms with Crippen molar-refractivity contribution in [3.8, 4) is 22.3 Å². The second-order valence-corrected chi connectivity index (χ2v) is 39.5. The van der Waals surface area contributed by atoms with E-state index in [-0.39, 0.29) is 18.3 Å². The summed E-state index contributed by atoms with van der Waals surface area (Å²) in [5.41, 5.74) is 21.6. The van der Waals surface area contributed by atoms with Gasteiger partial charge >= 0.3 is 7.12 Å². The fourth-order valence-electron chi connectivity index (χ4n) is 21.6. The molecule has 4 N–H and O–H groups in total. The molecule has 1 aliphatic rings. The smallest absolute Gasteiger partial charge is 0.399 e. The van der Waals surface area contributed by atoms with Gasteiger partial charge in [-0.3, -0.25) is 0 Å². The van der Waals surface area contributed by atoms with Crippen LogP contribution >= 0.6 is 31.9 Å². The highest BCUT2D eigenvalue weighted by atomic mass is 79.9. The number of nitrogen functional groups attached to an aromatic ring is 2. The number of benzene rings is 27. The first kappa shape index (κ1) is 86.8. The number of nitrogens with zero attached hydrogens (tertiary/aromatic N) is 1. The number of anilines is 5. The SMILES string of the molecule is Brc1ccc2c3ccccc3c3ccccc3c2c1.Brc1ccc2c3ccccc3c3ccccc3c2c1.CC1(C)OB(c2ccc(N)cc2)OC1(C)C.Nc1ccc(-c2ccc3c4ccccc4c4ccccc4c3c2)cc1.c1ccc2c(c1)c1ccccc1c1cc(-c3ccc(N(c4ccc5c6ccccc6c6ccccc6c5c4)c4ccc5c6ccccc6c6ccccc6c5c4)cc3)ccc21. The Balaban J connectivity index is 0.000000109. The van der Waals surface area contributed by atoms with Gasteiger partial charge in [0.15, 0.2) is 0 Å². The first-order valence-electron chi connectivity index (χ1n) is 47.9. The Bertz CT molecular complexity index is 9120. The second kappa shape index (κ2) is 35.8. The molecule has 666 valence electrons. The van der Waals surface area contributed by atoms with Crippen LogP contribution in [0.1, 0.15) is 27.7 Å². The van der Waals surface area contributed by atoms with Crippen molar-refractivity contribution >= 4 is 267 Å². The number of halogens is 2. The van der Waals surface area contributed by atoms with Gasteiger partial charge in [0.25, 0.3) is 0 Å².